The fraction of sp³-hybridized carbons (Fsp3) is 0.400. The van der Waals surface area contributed by atoms with E-state index < -0.39 is 0 Å². The molecule has 1 atom stereocenters. The number of benzene rings is 2. The maximum Gasteiger partial charge on any atom is -0.0113 e. The summed E-state index contributed by atoms with van der Waals surface area (Å²) >= 11 is 0. The Morgan fingerprint density at radius 2 is 1.60 bits per heavy atom. The third kappa shape index (κ3) is 4.23. The fourth-order valence-electron chi connectivity index (χ4n) is 2.88. The number of hydrogen-bond donors (Lipinski definition) is 0. The summed E-state index contributed by atoms with van der Waals surface area (Å²) in [7, 11) is 0. The van der Waals surface area contributed by atoms with Gasteiger partial charge in [-0.2, -0.15) is 0 Å². The van der Waals surface area contributed by atoms with Crippen LogP contribution in [-0.2, 0) is 6.42 Å². The first kappa shape index (κ1) is 14.8. The molecule has 0 aliphatic rings. The molecule has 0 spiro atoms. The predicted molar refractivity (Wildman–Crippen MR) is 86.9 cm³/mol. The van der Waals surface area contributed by atoms with E-state index in [0.717, 1.165) is 6.42 Å². The van der Waals surface area contributed by atoms with Crippen molar-refractivity contribution in [3.63, 3.8) is 0 Å². The summed E-state index contributed by atoms with van der Waals surface area (Å²) in [5.74, 6) is 0.624. The Kier molecular flexibility index (Phi) is 5.00. The Morgan fingerprint density at radius 1 is 0.950 bits per heavy atom. The molecule has 105 valence electrons. The molecule has 0 amide bonds. The first-order chi connectivity index (χ1) is 9.57. The van der Waals surface area contributed by atoms with Crippen molar-refractivity contribution in [2.75, 3.05) is 0 Å². The maximum atomic E-state index is 3.08. The van der Waals surface area contributed by atoms with Crippen molar-refractivity contribution in [3.8, 4) is 0 Å². The van der Waals surface area contributed by atoms with Crippen molar-refractivity contribution in [1.29, 1.82) is 0 Å². The first-order valence-corrected chi connectivity index (χ1v) is 7.57. The van der Waals surface area contributed by atoms with Crippen LogP contribution in [0.4, 0.5) is 0 Å². The highest BCUT2D eigenvalue weighted by Crippen LogP contribution is 2.38. The lowest BCUT2D eigenvalue weighted by atomic mass is 9.74. The van der Waals surface area contributed by atoms with Gasteiger partial charge in [0.1, 0.15) is 0 Å². The van der Waals surface area contributed by atoms with Crippen molar-refractivity contribution in [2.45, 2.75) is 46.0 Å². The third-order valence-electron chi connectivity index (χ3n) is 3.99. The zero-order valence-corrected chi connectivity index (χ0v) is 12.9. The largest absolute Gasteiger partial charge is 0.0622 e. The Balaban J connectivity index is 1.99. The van der Waals surface area contributed by atoms with Gasteiger partial charge in [-0.1, -0.05) is 75.4 Å². The standard InChI is InChI=1S/C20H25/c1-20(2,3)19(18-14-8-5-9-15-18)16-10-13-17-11-6-4-7-12-17/h5-9,11-12,14-15,19H,10,13,16H2,1-3H3. The molecule has 0 heterocycles. The van der Waals surface area contributed by atoms with Crippen LogP contribution in [0.1, 0.15) is 50.7 Å². The van der Waals surface area contributed by atoms with Gasteiger partial charge in [-0.05, 0) is 47.8 Å². The Hall–Kier alpha value is -1.56. The molecule has 2 aromatic carbocycles. The molecular weight excluding hydrogens is 240 g/mol. The molecule has 1 radical (unpaired) electrons. The molecule has 0 nitrogen and oxygen atoms in total. The van der Waals surface area contributed by atoms with Crippen LogP contribution in [-0.4, -0.2) is 0 Å². The van der Waals surface area contributed by atoms with Crippen molar-refractivity contribution in [2.24, 2.45) is 5.41 Å². The molecular formula is C20H25. The molecule has 0 saturated carbocycles. The van der Waals surface area contributed by atoms with Gasteiger partial charge < -0.3 is 0 Å². The lowest BCUT2D eigenvalue weighted by Gasteiger charge is -2.31. The van der Waals surface area contributed by atoms with Gasteiger partial charge in [-0.3, -0.25) is 0 Å². The normalized spacial score (nSPS) is 13.2. The van der Waals surface area contributed by atoms with Crippen molar-refractivity contribution < 1.29 is 0 Å². The summed E-state index contributed by atoms with van der Waals surface area (Å²) in [5, 5.41) is 0. The molecule has 20 heavy (non-hydrogen) atoms. The van der Waals surface area contributed by atoms with Gasteiger partial charge in [0.25, 0.3) is 0 Å². The van der Waals surface area contributed by atoms with E-state index in [0.29, 0.717) is 11.3 Å². The van der Waals surface area contributed by atoms with Gasteiger partial charge in [-0.15, -0.1) is 0 Å². The van der Waals surface area contributed by atoms with E-state index in [4.69, 9.17) is 0 Å². The second-order valence-electron chi connectivity index (χ2n) is 6.63. The van der Waals surface area contributed by atoms with Gasteiger partial charge in [0.2, 0.25) is 0 Å². The van der Waals surface area contributed by atoms with E-state index in [9.17, 15) is 0 Å². The smallest absolute Gasteiger partial charge is 0.0113 e. The van der Waals surface area contributed by atoms with Crippen LogP contribution in [0.5, 0.6) is 0 Å². The van der Waals surface area contributed by atoms with Crippen LogP contribution in [0.2, 0.25) is 0 Å². The first-order valence-electron chi connectivity index (χ1n) is 7.57. The third-order valence-corrected chi connectivity index (χ3v) is 3.99. The molecule has 0 aliphatic carbocycles. The van der Waals surface area contributed by atoms with E-state index in [1.807, 2.05) is 12.1 Å². The molecule has 0 fully saturated rings. The van der Waals surface area contributed by atoms with Crippen LogP contribution < -0.4 is 0 Å². The lowest BCUT2D eigenvalue weighted by Crippen LogP contribution is -2.18. The van der Waals surface area contributed by atoms with E-state index in [1.54, 1.807) is 0 Å². The van der Waals surface area contributed by atoms with Gasteiger partial charge in [0.15, 0.2) is 0 Å². The summed E-state index contributed by atoms with van der Waals surface area (Å²) in [6.45, 7) is 7.05. The molecule has 0 aromatic heterocycles. The van der Waals surface area contributed by atoms with Crippen molar-refractivity contribution in [3.05, 3.63) is 71.8 Å². The lowest BCUT2D eigenvalue weighted by molar-refractivity contribution is 0.300. The van der Waals surface area contributed by atoms with E-state index in [2.05, 4.69) is 69.3 Å². The molecule has 0 N–H and O–H groups in total. The van der Waals surface area contributed by atoms with Gasteiger partial charge in [0, 0.05) is 0 Å². The summed E-state index contributed by atoms with van der Waals surface area (Å²) in [6, 6.07) is 22.4. The molecule has 0 heteroatoms. The second-order valence-corrected chi connectivity index (χ2v) is 6.63. The molecule has 0 bridgehead atoms. The van der Waals surface area contributed by atoms with E-state index in [-0.39, 0.29) is 0 Å². The zero-order chi connectivity index (χ0) is 14.4. The number of hydrogen-bond acceptors (Lipinski definition) is 0. The van der Waals surface area contributed by atoms with Crippen molar-refractivity contribution in [1.82, 2.24) is 0 Å². The molecule has 2 aromatic rings. The predicted octanol–water partition coefficient (Wildman–Crippen LogP) is 5.64. The highest BCUT2D eigenvalue weighted by atomic mass is 14.3. The average molecular weight is 265 g/mol. The minimum Gasteiger partial charge on any atom is -0.0622 e. The van der Waals surface area contributed by atoms with E-state index in [1.165, 1.54) is 24.0 Å². The molecule has 1 unspecified atom stereocenters. The van der Waals surface area contributed by atoms with Crippen LogP contribution in [0.15, 0.2) is 54.6 Å². The SMILES string of the molecule is CC(C)(C)C(CCCc1cc[c]cc1)c1ccccc1. The average Bonchev–Trinajstić information content (AvgIpc) is 2.44. The summed E-state index contributed by atoms with van der Waals surface area (Å²) in [6.07, 6.45) is 3.64. The number of rotatable bonds is 5. The molecule has 0 aliphatic heterocycles. The Morgan fingerprint density at radius 3 is 2.20 bits per heavy atom. The van der Waals surface area contributed by atoms with Crippen LogP contribution in [0.3, 0.4) is 0 Å². The molecule has 0 saturated heterocycles. The summed E-state index contributed by atoms with van der Waals surface area (Å²) < 4.78 is 0. The fourth-order valence-corrected chi connectivity index (χ4v) is 2.88. The summed E-state index contributed by atoms with van der Waals surface area (Å²) in [4.78, 5) is 0. The minimum absolute atomic E-state index is 0.311. The maximum absolute atomic E-state index is 3.08. The second kappa shape index (κ2) is 6.74. The summed E-state index contributed by atoms with van der Waals surface area (Å²) in [5.41, 5.74) is 3.21. The van der Waals surface area contributed by atoms with Gasteiger partial charge in [-0.25, -0.2) is 0 Å². The van der Waals surface area contributed by atoms with Crippen LogP contribution in [0, 0.1) is 11.5 Å². The monoisotopic (exact) mass is 265 g/mol. The number of aryl methyl sites for hydroxylation is 1. The topological polar surface area (TPSA) is 0 Å². The van der Waals surface area contributed by atoms with Gasteiger partial charge in [0.05, 0.1) is 0 Å². The zero-order valence-electron chi connectivity index (χ0n) is 12.9. The minimum atomic E-state index is 0.311. The van der Waals surface area contributed by atoms with Crippen LogP contribution >= 0.6 is 0 Å². The van der Waals surface area contributed by atoms with E-state index >= 15 is 0 Å². The van der Waals surface area contributed by atoms with Gasteiger partial charge >= 0.3 is 0 Å². The quantitative estimate of drug-likeness (QED) is 0.656. The molecule has 2 rings (SSSR count). The highest BCUT2D eigenvalue weighted by molar-refractivity contribution is 5.21. The Bertz CT molecular complexity index is 491. The van der Waals surface area contributed by atoms with Crippen molar-refractivity contribution >= 4 is 0 Å². The Labute approximate surface area is 123 Å². The highest BCUT2D eigenvalue weighted by Gasteiger charge is 2.25. The van der Waals surface area contributed by atoms with Crippen LogP contribution in [0.25, 0.3) is 0 Å².